The molecule has 600 valence electrons. The maximum absolute atomic E-state index is 13.1. The Kier molecular flexibility index (Phi) is 70.9. The fraction of sp³-hybridized carbons (Fsp3) is 0.951. The Morgan fingerprint density at radius 2 is 0.455 bits per heavy atom. The minimum Gasteiger partial charge on any atom is -0.462 e. The van der Waals surface area contributed by atoms with E-state index in [0.29, 0.717) is 25.7 Å². The van der Waals surface area contributed by atoms with Gasteiger partial charge in [0.15, 0.2) is 12.2 Å². The van der Waals surface area contributed by atoms with Gasteiger partial charge < -0.3 is 33.8 Å². The fourth-order valence-corrected chi connectivity index (χ4v) is 14.2. The molecule has 5 atom stereocenters. The van der Waals surface area contributed by atoms with E-state index in [1.165, 1.54) is 238 Å². The third-order valence-electron chi connectivity index (χ3n) is 19.1. The molecule has 0 bridgehead atoms. The topological polar surface area (TPSA) is 237 Å². The summed E-state index contributed by atoms with van der Waals surface area (Å²) in [6.07, 6.45) is 61.1. The van der Waals surface area contributed by atoms with E-state index in [-0.39, 0.29) is 25.7 Å². The molecule has 0 amide bonds. The predicted octanol–water partition coefficient (Wildman–Crippen LogP) is 24.5. The van der Waals surface area contributed by atoms with Gasteiger partial charge in [-0.05, 0) is 43.4 Å². The van der Waals surface area contributed by atoms with Crippen molar-refractivity contribution in [1.29, 1.82) is 0 Å². The van der Waals surface area contributed by atoms with Crippen LogP contribution in [0.5, 0.6) is 0 Å². The molecule has 0 radical (unpaired) electrons. The summed E-state index contributed by atoms with van der Waals surface area (Å²) in [6, 6.07) is 0. The fourth-order valence-electron chi connectivity index (χ4n) is 12.7. The highest BCUT2D eigenvalue weighted by atomic mass is 31.2. The van der Waals surface area contributed by atoms with Crippen molar-refractivity contribution in [1.82, 2.24) is 0 Å². The molecule has 3 N–H and O–H groups in total. The number of phosphoric ester groups is 2. The molecular formula is C82H160O17P2. The molecule has 0 spiro atoms. The Labute approximate surface area is 619 Å². The van der Waals surface area contributed by atoms with E-state index >= 15 is 0 Å². The number of esters is 4. The van der Waals surface area contributed by atoms with Gasteiger partial charge in [0, 0.05) is 25.7 Å². The van der Waals surface area contributed by atoms with Crippen molar-refractivity contribution in [3.8, 4) is 0 Å². The number of aliphatic hydroxyl groups is 1. The lowest BCUT2D eigenvalue weighted by Crippen LogP contribution is -2.30. The van der Waals surface area contributed by atoms with Crippen molar-refractivity contribution in [3.63, 3.8) is 0 Å². The number of aliphatic hydroxyl groups excluding tert-OH is 1. The predicted molar refractivity (Wildman–Crippen MR) is 414 cm³/mol. The first-order valence-electron chi connectivity index (χ1n) is 42.3. The average Bonchev–Trinajstić information content (AvgIpc) is 0.918. The van der Waals surface area contributed by atoms with E-state index in [9.17, 15) is 43.2 Å². The van der Waals surface area contributed by atoms with Crippen molar-refractivity contribution >= 4 is 39.5 Å². The van der Waals surface area contributed by atoms with Crippen LogP contribution in [0.1, 0.15) is 427 Å². The van der Waals surface area contributed by atoms with Gasteiger partial charge in [-0.15, -0.1) is 0 Å². The zero-order valence-corrected chi connectivity index (χ0v) is 68.2. The second kappa shape index (κ2) is 72.3. The van der Waals surface area contributed by atoms with Crippen molar-refractivity contribution in [2.24, 2.45) is 17.8 Å². The van der Waals surface area contributed by atoms with E-state index in [1.807, 2.05) is 0 Å². The molecule has 17 nitrogen and oxygen atoms in total. The smallest absolute Gasteiger partial charge is 0.462 e. The lowest BCUT2D eigenvalue weighted by atomic mass is 10.0. The highest BCUT2D eigenvalue weighted by Gasteiger charge is 2.30. The maximum atomic E-state index is 13.1. The largest absolute Gasteiger partial charge is 0.472 e. The first-order valence-corrected chi connectivity index (χ1v) is 45.3. The minimum absolute atomic E-state index is 0.106. The molecule has 0 aromatic rings. The molecular weight excluding hydrogens is 1320 g/mol. The second-order valence-corrected chi connectivity index (χ2v) is 33.8. The molecule has 101 heavy (non-hydrogen) atoms. The van der Waals surface area contributed by atoms with Gasteiger partial charge in [0.25, 0.3) is 0 Å². The molecule has 0 heterocycles. The van der Waals surface area contributed by atoms with Gasteiger partial charge >= 0.3 is 39.5 Å². The zero-order chi connectivity index (χ0) is 74.4. The molecule has 19 heteroatoms. The molecule has 0 aliphatic rings. The second-order valence-electron chi connectivity index (χ2n) is 30.9. The van der Waals surface area contributed by atoms with Gasteiger partial charge in [-0.2, -0.15) is 0 Å². The number of hydrogen-bond acceptors (Lipinski definition) is 15. The van der Waals surface area contributed by atoms with Crippen molar-refractivity contribution < 1.29 is 80.2 Å². The SMILES string of the molecule is CCCCCCCCCCCCCCCCCCCCCCC(=O)O[C@H](COC(=O)CCCCCCCCCCCCCCCC(C)C)COP(=O)(O)OC[C@@H](O)COP(=O)(O)OC[C@@H](COC(=O)CCCCCCCCCCC(C)C)OC(=O)CCCCCCCCCCCCCC(C)C. The summed E-state index contributed by atoms with van der Waals surface area (Å²) in [5.74, 6) is 0.172. The Balaban J connectivity index is 5.25. The number of carbonyl (C=O) groups is 4. The van der Waals surface area contributed by atoms with E-state index in [2.05, 4.69) is 48.5 Å². The summed E-state index contributed by atoms with van der Waals surface area (Å²) in [5, 5.41) is 10.6. The quantitative estimate of drug-likeness (QED) is 0.0222. The molecule has 0 aliphatic heterocycles. The van der Waals surface area contributed by atoms with Gasteiger partial charge in [-0.25, -0.2) is 9.13 Å². The van der Waals surface area contributed by atoms with Crippen LogP contribution < -0.4 is 0 Å². The van der Waals surface area contributed by atoms with E-state index in [1.54, 1.807) is 0 Å². The Morgan fingerprint density at radius 3 is 0.673 bits per heavy atom. The molecule has 0 fully saturated rings. The van der Waals surface area contributed by atoms with Crippen LogP contribution in [0.25, 0.3) is 0 Å². The average molecular weight is 1480 g/mol. The highest BCUT2D eigenvalue weighted by Crippen LogP contribution is 2.45. The molecule has 0 aromatic carbocycles. The van der Waals surface area contributed by atoms with E-state index in [4.69, 9.17) is 37.0 Å². The van der Waals surface area contributed by atoms with Crippen molar-refractivity contribution in [2.45, 2.75) is 446 Å². The normalized spacial score (nSPS) is 14.0. The Hall–Kier alpha value is -1.94. The molecule has 0 saturated carbocycles. The van der Waals surface area contributed by atoms with Crippen LogP contribution in [-0.4, -0.2) is 96.7 Å². The van der Waals surface area contributed by atoms with Crippen LogP contribution in [0.15, 0.2) is 0 Å². The van der Waals surface area contributed by atoms with Crippen LogP contribution >= 0.6 is 15.6 Å². The molecule has 0 aromatic heterocycles. The summed E-state index contributed by atoms with van der Waals surface area (Å²) >= 11 is 0. The van der Waals surface area contributed by atoms with Crippen LogP contribution in [0.2, 0.25) is 0 Å². The van der Waals surface area contributed by atoms with Crippen LogP contribution in [-0.2, 0) is 65.4 Å². The van der Waals surface area contributed by atoms with Gasteiger partial charge in [-0.3, -0.25) is 37.3 Å². The standard InChI is InChI=1S/C82H160O17P2/c1-8-9-10-11-12-13-14-15-16-17-18-19-20-21-24-30-35-44-51-58-65-81(86)98-77(69-92-79(84)63-56-49-42-34-29-25-22-23-27-32-39-46-53-60-73(2)3)71-96-100(88,89)94-67-76(83)68-95-101(90,91)97-72-78(70-93-80(85)64-57-50-43-38-37-41-48-55-62-75(6)7)99-82(87)66-59-52-45-36-31-26-28-33-40-47-54-61-74(4)5/h73-78,83H,8-72H2,1-7H3,(H,88,89)(H,90,91)/t76-,77-,78-/m1/s1. The van der Waals surface area contributed by atoms with E-state index < -0.39 is 97.5 Å². The number of phosphoric acid groups is 2. The Morgan fingerprint density at radius 1 is 0.267 bits per heavy atom. The van der Waals surface area contributed by atoms with Crippen LogP contribution in [0, 0.1) is 17.8 Å². The van der Waals surface area contributed by atoms with Gasteiger partial charge in [0.2, 0.25) is 0 Å². The minimum atomic E-state index is -4.96. The maximum Gasteiger partial charge on any atom is 0.472 e. The molecule has 0 saturated heterocycles. The summed E-state index contributed by atoms with van der Waals surface area (Å²) in [5.41, 5.74) is 0. The summed E-state index contributed by atoms with van der Waals surface area (Å²) in [6.45, 7) is 11.9. The van der Waals surface area contributed by atoms with Gasteiger partial charge in [0.1, 0.15) is 19.3 Å². The number of carbonyl (C=O) groups excluding carboxylic acids is 4. The van der Waals surface area contributed by atoms with Crippen LogP contribution in [0.4, 0.5) is 0 Å². The highest BCUT2D eigenvalue weighted by molar-refractivity contribution is 7.47. The monoisotopic (exact) mass is 1480 g/mol. The van der Waals surface area contributed by atoms with Crippen molar-refractivity contribution in [3.05, 3.63) is 0 Å². The third kappa shape index (κ3) is 76.1. The molecule has 0 aliphatic carbocycles. The first kappa shape index (κ1) is 99.1. The summed E-state index contributed by atoms with van der Waals surface area (Å²) in [4.78, 5) is 73.1. The van der Waals surface area contributed by atoms with Gasteiger partial charge in [-0.1, -0.05) is 376 Å². The van der Waals surface area contributed by atoms with E-state index in [0.717, 1.165) is 108 Å². The zero-order valence-electron chi connectivity index (χ0n) is 66.4. The third-order valence-corrected chi connectivity index (χ3v) is 21.0. The number of unbranched alkanes of at least 4 members (excludes halogenated alkanes) is 48. The lowest BCUT2D eigenvalue weighted by molar-refractivity contribution is -0.161. The summed E-state index contributed by atoms with van der Waals surface area (Å²) in [7, 11) is -9.92. The number of rotatable bonds is 80. The molecule has 2 unspecified atom stereocenters. The Bertz CT molecular complexity index is 1960. The van der Waals surface area contributed by atoms with Gasteiger partial charge in [0.05, 0.1) is 26.4 Å². The summed E-state index contributed by atoms with van der Waals surface area (Å²) < 4.78 is 68.8. The molecule has 0 rings (SSSR count). The lowest BCUT2D eigenvalue weighted by Gasteiger charge is -2.21. The van der Waals surface area contributed by atoms with Crippen LogP contribution in [0.3, 0.4) is 0 Å². The number of ether oxygens (including phenoxy) is 4. The first-order chi connectivity index (χ1) is 48.7. The van der Waals surface area contributed by atoms with Crippen molar-refractivity contribution in [2.75, 3.05) is 39.6 Å². The number of hydrogen-bond donors (Lipinski definition) is 3.